The molecule has 6 nitrogen and oxygen atoms in total. The first-order valence-corrected chi connectivity index (χ1v) is 13.7. The lowest BCUT2D eigenvalue weighted by molar-refractivity contribution is 0.135. The molecule has 1 N–H and O–H groups in total. The molecule has 196 valence electrons. The fourth-order valence-corrected chi connectivity index (χ4v) is 5.99. The molecule has 0 spiro atoms. The van der Waals surface area contributed by atoms with Crippen LogP contribution in [0, 0.1) is 5.92 Å². The molecule has 38 heavy (non-hydrogen) atoms. The Morgan fingerprint density at radius 1 is 1.03 bits per heavy atom. The zero-order chi connectivity index (χ0) is 26.1. The second-order valence-electron chi connectivity index (χ2n) is 10.4. The number of piperidine rings is 1. The monoisotopic (exact) mass is 529 g/mol. The lowest BCUT2D eigenvalue weighted by atomic mass is 9.92. The van der Waals surface area contributed by atoms with Gasteiger partial charge in [-0.05, 0) is 86.4 Å². The summed E-state index contributed by atoms with van der Waals surface area (Å²) in [6.45, 7) is 3.50. The number of carbonyl (C=O) groups excluding carboxylic acids is 1. The van der Waals surface area contributed by atoms with E-state index in [1.54, 1.807) is 17.0 Å². The van der Waals surface area contributed by atoms with Crippen molar-refractivity contribution in [3.63, 3.8) is 0 Å². The summed E-state index contributed by atoms with van der Waals surface area (Å²) in [5, 5.41) is 1.80. The van der Waals surface area contributed by atoms with Crippen LogP contribution in [-0.4, -0.2) is 54.2 Å². The summed E-state index contributed by atoms with van der Waals surface area (Å²) in [7, 11) is 2.17. The van der Waals surface area contributed by atoms with Crippen molar-refractivity contribution in [3.8, 4) is 11.5 Å². The summed E-state index contributed by atoms with van der Waals surface area (Å²) < 4.78 is 11.9. The van der Waals surface area contributed by atoms with Crippen molar-refractivity contribution in [3.05, 3.63) is 94.6 Å². The van der Waals surface area contributed by atoms with Gasteiger partial charge >= 0.3 is 6.09 Å². The third-order valence-corrected chi connectivity index (χ3v) is 7.91. The van der Waals surface area contributed by atoms with Gasteiger partial charge in [-0.1, -0.05) is 41.9 Å². The smallest absolute Gasteiger partial charge is 0.416 e. The summed E-state index contributed by atoms with van der Waals surface area (Å²) in [4.78, 5) is 21.2. The maximum atomic E-state index is 13.4. The zero-order valence-corrected chi connectivity index (χ0v) is 22.3. The van der Waals surface area contributed by atoms with E-state index in [-0.39, 0.29) is 12.1 Å². The van der Waals surface area contributed by atoms with E-state index in [1.165, 1.54) is 18.4 Å². The van der Waals surface area contributed by atoms with Gasteiger partial charge in [0, 0.05) is 40.6 Å². The number of fused-ring (bicyclic) bond motifs is 3. The second kappa shape index (κ2) is 10.7. The SMILES string of the molecule is CN1CCCC(COc2ccc(C3c4[nH]c5ccc(Cl)cc5c4CCN3C(=O)Oc3ccccc3)cc2)C1. The molecule has 3 heterocycles. The number of amides is 1. The quantitative estimate of drug-likeness (QED) is 0.313. The van der Waals surface area contributed by atoms with E-state index >= 15 is 0 Å². The predicted octanol–water partition coefficient (Wildman–Crippen LogP) is 6.69. The van der Waals surface area contributed by atoms with E-state index in [4.69, 9.17) is 21.1 Å². The molecule has 2 aliphatic rings. The first-order valence-electron chi connectivity index (χ1n) is 13.3. The predicted molar refractivity (Wildman–Crippen MR) is 150 cm³/mol. The molecule has 7 heteroatoms. The Labute approximate surface area is 228 Å². The number of aromatic amines is 1. The number of hydrogen-bond donors (Lipinski definition) is 1. The Morgan fingerprint density at radius 3 is 2.63 bits per heavy atom. The fraction of sp³-hybridized carbons (Fsp3) is 0.323. The first kappa shape index (κ1) is 24.8. The molecule has 0 saturated carbocycles. The molecular formula is C31H32ClN3O3. The van der Waals surface area contributed by atoms with E-state index in [9.17, 15) is 4.79 Å². The van der Waals surface area contributed by atoms with Crippen molar-refractivity contribution < 1.29 is 14.3 Å². The first-order chi connectivity index (χ1) is 18.5. The molecule has 1 amide bonds. The summed E-state index contributed by atoms with van der Waals surface area (Å²) in [6, 6.07) is 22.9. The number of rotatable bonds is 5. The minimum absolute atomic E-state index is 0.317. The highest BCUT2D eigenvalue weighted by Gasteiger charge is 2.35. The number of para-hydroxylation sites is 1. The average molecular weight is 530 g/mol. The minimum Gasteiger partial charge on any atom is -0.493 e. The number of aromatic nitrogens is 1. The highest BCUT2D eigenvalue weighted by atomic mass is 35.5. The van der Waals surface area contributed by atoms with E-state index in [1.807, 2.05) is 48.5 Å². The number of nitrogens with zero attached hydrogens (tertiary/aromatic N) is 2. The molecule has 0 radical (unpaired) electrons. The van der Waals surface area contributed by atoms with Crippen LogP contribution in [0.1, 0.15) is 35.7 Å². The molecule has 0 bridgehead atoms. The Hall–Kier alpha value is -3.48. The van der Waals surface area contributed by atoms with Crippen molar-refractivity contribution in [2.75, 3.05) is 33.3 Å². The lowest BCUT2D eigenvalue weighted by Crippen LogP contribution is -2.42. The molecule has 2 aliphatic heterocycles. The van der Waals surface area contributed by atoms with Gasteiger partial charge < -0.3 is 19.4 Å². The molecule has 3 aromatic carbocycles. The van der Waals surface area contributed by atoms with Crippen LogP contribution in [0.25, 0.3) is 10.9 Å². The average Bonchev–Trinajstić information content (AvgIpc) is 3.30. The van der Waals surface area contributed by atoms with Crippen molar-refractivity contribution in [1.29, 1.82) is 0 Å². The topological polar surface area (TPSA) is 57.8 Å². The number of carbonyl (C=O) groups is 1. The van der Waals surface area contributed by atoms with Crippen molar-refractivity contribution in [2.24, 2.45) is 5.92 Å². The van der Waals surface area contributed by atoms with Crippen LogP contribution in [0.4, 0.5) is 4.79 Å². The van der Waals surface area contributed by atoms with Gasteiger partial charge in [0.2, 0.25) is 0 Å². The van der Waals surface area contributed by atoms with Crippen LogP contribution < -0.4 is 9.47 Å². The molecule has 2 unspecified atom stereocenters. The van der Waals surface area contributed by atoms with Gasteiger partial charge in [-0.2, -0.15) is 0 Å². The summed E-state index contributed by atoms with van der Waals surface area (Å²) in [6.07, 6.45) is 2.77. The van der Waals surface area contributed by atoms with E-state index in [0.29, 0.717) is 29.7 Å². The number of likely N-dealkylation sites (tertiary alicyclic amines) is 1. The van der Waals surface area contributed by atoms with Crippen LogP contribution >= 0.6 is 11.6 Å². The number of nitrogens with one attached hydrogen (secondary N) is 1. The largest absolute Gasteiger partial charge is 0.493 e. The molecule has 6 rings (SSSR count). The number of ether oxygens (including phenoxy) is 2. The summed E-state index contributed by atoms with van der Waals surface area (Å²) in [5.41, 5.74) is 4.20. The summed E-state index contributed by atoms with van der Waals surface area (Å²) >= 11 is 6.34. The Balaban J connectivity index is 1.29. The van der Waals surface area contributed by atoms with Gasteiger partial charge in [0.25, 0.3) is 0 Å². The minimum atomic E-state index is -0.370. The van der Waals surface area contributed by atoms with Gasteiger partial charge in [-0.3, -0.25) is 4.90 Å². The molecular weight excluding hydrogens is 498 g/mol. The van der Waals surface area contributed by atoms with Gasteiger partial charge in [0.1, 0.15) is 17.5 Å². The van der Waals surface area contributed by atoms with Crippen LogP contribution in [0.3, 0.4) is 0 Å². The van der Waals surface area contributed by atoms with Crippen molar-refractivity contribution in [2.45, 2.75) is 25.3 Å². The number of hydrogen-bond acceptors (Lipinski definition) is 4. The molecule has 1 fully saturated rings. The number of benzene rings is 3. The normalized spacial score (nSPS) is 19.8. The Morgan fingerprint density at radius 2 is 1.84 bits per heavy atom. The van der Waals surface area contributed by atoms with Crippen LogP contribution in [-0.2, 0) is 6.42 Å². The maximum Gasteiger partial charge on any atom is 0.416 e. The van der Waals surface area contributed by atoms with E-state index in [2.05, 4.69) is 29.1 Å². The van der Waals surface area contributed by atoms with Gasteiger partial charge in [-0.15, -0.1) is 0 Å². The third kappa shape index (κ3) is 5.11. The highest BCUT2D eigenvalue weighted by molar-refractivity contribution is 6.31. The molecule has 1 aromatic heterocycles. The highest BCUT2D eigenvalue weighted by Crippen LogP contribution is 2.40. The number of H-pyrrole nitrogens is 1. The molecule has 1 saturated heterocycles. The fourth-order valence-electron chi connectivity index (χ4n) is 5.82. The van der Waals surface area contributed by atoms with Gasteiger partial charge in [0.05, 0.1) is 6.61 Å². The maximum absolute atomic E-state index is 13.4. The van der Waals surface area contributed by atoms with Crippen molar-refractivity contribution in [1.82, 2.24) is 14.8 Å². The third-order valence-electron chi connectivity index (χ3n) is 7.68. The van der Waals surface area contributed by atoms with E-state index in [0.717, 1.165) is 47.6 Å². The number of halogens is 1. The molecule has 4 aromatic rings. The summed E-state index contributed by atoms with van der Waals surface area (Å²) in [5.74, 6) is 1.93. The standard InChI is InChI=1S/C31H32ClN3O3/c1-34-16-5-6-21(19-34)20-37-24-12-9-22(10-13-24)30-29-26(27-18-23(32)11-14-28(27)33-29)15-17-35(30)31(36)38-25-7-3-2-4-8-25/h2-4,7-14,18,21,30,33H,5-6,15-17,19-20H2,1H3. The lowest BCUT2D eigenvalue weighted by Gasteiger charge is -2.35. The van der Waals surface area contributed by atoms with Crippen molar-refractivity contribution >= 4 is 28.6 Å². The Bertz CT molecular complexity index is 1420. The Kier molecular flexibility index (Phi) is 7.00. The van der Waals surface area contributed by atoms with Gasteiger partial charge in [0.15, 0.2) is 0 Å². The van der Waals surface area contributed by atoms with E-state index < -0.39 is 0 Å². The van der Waals surface area contributed by atoms with Crippen LogP contribution in [0.5, 0.6) is 11.5 Å². The zero-order valence-electron chi connectivity index (χ0n) is 21.5. The van der Waals surface area contributed by atoms with Gasteiger partial charge in [-0.25, -0.2) is 4.79 Å². The second-order valence-corrected chi connectivity index (χ2v) is 10.8. The van der Waals surface area contributed by atoms with Crippen LogP contribution in [0.15, 0.2) is 72.8 Å². The molecule has 2 atom stereocenters. The van der Waals surface area contributed by atoms with Crippen LogP contribution in [0.2, 0.25) is 5.02 Å². The molecule has 0 aliphatic carbocycles.